The van der Waals surface area contributed by atoms with Crippen molar-refractivity contribution in [2.45, 2.75) is 58.4 Å². The topological polar surface area (TPSA) is 76.7 Å². The first-order valence-electron chi connectivity index (χ1n) is 11.6. The van der Waals surface area contributed by atoms with E-state index in [1.807, 2.05) is 12.1 Å². The number of benzene rings is 2. The van der Waals surface area contributed by atoms with Crippen LogP contribution in [0.3, 0.4) is 0 Å². The van der Waals surface area contributed by atoms with Crippen molar-refractivity contribution in [3.63, 3.8) is 0 Å². The molecule has 6 heteroatoms. The quantitative estimate of drug-likeness (QED) is 0.279. The lowest BCUT2D eigenvalue weighted by Crippen LogP contribution is -2.43. The zero-order valence-electron chi connectivity index (χ0n) is 20.0. The third-order valence-electron chi connectivity index (χ3n) is 5.63. The van der Waals surface area contributed by atoms with Crippen LogP contribution in [0.4, 0.5) is 10.5 Å². The van der Waals surface area contributed by atoms with E-state index >= 15 is 0 Å². The summed E-state index contributed by atoms with van der Waals surface area (Å²) in [6.07, 6.45) is 6.21. The summed E-state index contributed by atoms with van der Waals surface area (Å²) >= 11 is 0. The molecular weight excluding hydrogens is 416 g/mol. The van der Waals surface area contributed by atoms with Crippen molar-refractivity contribution in [1.82, 2.24) is 5.32 Å². The van der Waals surface area contributed by atoms with E-state index in [-0.39, 0.29) is 11.3 Å². The number of rotatable bonds is 9. The predicted molar refractivity (Wildman–Crippen MR) is 132 cm³/mol. The summed E-state index contributed by atoms with van der Waals surface area (Å²) in [5.41, 5.74) is 3.88. The summed E-state index contributed by atoms with van der Waals surface area (Å²) in [5, 5.41) is 6.18. The van der Waals surface area contributed by atoms with Gasteiger partial charge in [-0.1, -0.05) is 32.3 Å². The van der Waals surface area contributed by atoms with Crippen LogP contribution in [0.25, 0.3) is 5.70 Å². The van der Waals surface area contributed by atoms with E-state index < -0.39 is 6.09 Å². The van der Waals surface area contributed by atoms with Gasteiger partial charge in [0, 0.05) is 34.1 Å². The van der Waals surface area contributed by atoms with Crippen molar-refractivity contribution in [2.24, 2.45) is 0 Å². The van der Waals surface area contributed by atoms with Gasteiger partial charge in [0.15, 0.2) is 5.78 Å². The molecule has 0 fully saturated rings. The number of ketones is 1. The molecule has 1 aliphatic heterocycles. The number of ether oxygens (including phenoxy) is 2. The molecule has 1 heterocycles. The zero-order valence-corrected chi connectivity index (χ0v) is 20.0. The van der Waals surface area contributed by atoms with E-state index in [0.717, 1.165) is 49.1 Å². The SMILES string of the molecule is CCCCCCOC(=O)Nc1ccc(C(=O)/C=C2\NC(C)(C)Cc3ccc(OC)cc32)cc1. The van der Waals surface area contributed by atoms with Crippen LogP contribution in [0.1, 0.15) is 67.9 Å². The zero-order chi connectivity index (χ0) is 23.8. The minimum absolute atomic E-state index is 0.117. The Morgan fingerprint density at radius 1 is 1.09 bits per heavy atom. The largest absolute Gasteiger partial charge is 0.497 e. The average Bonchev–Trinajstić information content (AvgIpc) is 2.78. The van der Waals surface area contributed by atoms with E-state index in [1.54, 1.807) is 37.5 Å². The number of hydrogen-bond donors (Lipinski definition) is 2. The number of carbonyl (C=O) groups excluding carboxylic acids is 2. The van der Waals surface area contributed by atoms with Crippen LogP contribution >= 0.6 is 0 Å². The molecule has 2 N–H and O–H groups in total. The molecular formula is C27H34N2O4. The number of carbonyl (C=O) groups is 2. The lowest BCUT2D eigenvalue weighted by molar-refractivity contribution is 0.104. The van der Waals surface area contributed by atoms with Crippen LogP contribution in [0, 0.1) is 0 Å². The standard InChI is InChI=1S/C27H34N2O4/c1-5-6-7-8-15-33-26(31)28-21-12-9-19(10-13-21)25(30)17-24-23-16-22(32-4)14-11-20(23)18-27(2,3)29-24/h9-14,16-17,29H,5-8,15,18H2,1-4H3,(H,28,31)/b24-17-. The van der Waals surface area contributed by atoms with Gasteiger partial charge in [-0.2, -0.15) is 0 Å². The summed E-state index contributed by atoms with van der Waals surface area (Å²) in [6.45, 7) is 6.77. The second-order valence-electron chi connectivity index (χ2n) is 9.03. The van der Waals surface area contributed by atoms with Crippen molar-refractivity contribution in [1.29, 1.82) is 0 Å². The Balaban J connectivity index is 1.67. The van der Waals surface area contributed by atoms with Gasteiger partial charge in [0.05, 0.1) is 13.7 Å². The van der Waals surface area contributed by atoms with Crippen LogP contribution in [0.5, 0.6) is 5.75 Å². The maximum Gasteiger partial charge on any atom is 0.411 e. The summed E-state index contributed by atoms with van der Waals surface area (Å²) in [7, 11) is 1.63. The third-order valence-corrected chi connectivity index (χ3v) is 5.63. The molecule has 0 unspecified atom stereocenters. The van der Waals surface area contributed by atoms with Crippen LogP contribution in [-0.2, 0) is 11.2 Å². The molecule has 0 bridgehead atoms. The van der Waals surface area contributed by atoms with Crippen molar-refractivity contribution in [3.8, 4) is 5.75 Å². The molecule has 0 saturated heterocycles. The first kappa shape index (κ1) is 24.4. The lowest BCUT2D eigenvalue weighted by Gasteiger charge is -2.35. The lowest BCUT2D eigenvalue weighted by atomic mass is 9.85. The van der Waals surface area contributed by atoms with E-state index in [4.69, 9.17) is 9.47 Å². The van der Waals surface area contributed by atoms with Gasteiger partial charge in [0.25, 0.3) is 0 Å². The molecule has 1 aliphatic rings. The van der Waals surface area contributed by atoms with Gasteiger partial charge in [0.1, 0.15) is 5.75 Å². The molecule has 3 rings (SSSR count). The number of nitrogens with one attached hydrogen (secondary N) is 2. The molecule has 0 aromatic heterocycles. The molecule has 1 amide bonds. The van der Waals surface area contributed by atoms with Crippen LogP contribution in [-0.4, -0.2) is 31.1 Å². The van der Waals surface area contributed by atoms with E-state index in [9.17, 15) is 9.59 Å². The van der Waals surface area contributed by atoms with Gasteiger partial charge in [-0.15, -0.1) is 0 Å². The summed E-state index contributed by atoms with van der Waals surface area (Å²) in [6, 6.07) is 12.8. The summed E-state index contributed by atoms with van der Waals surface area (Å²) in [4.78, 5) is 24.9. The van der Waals surface area contributed by atoms with Gasteiger partial charge >= 0.3 is 6.09 Å². The highest BCUT2D eigenvalue weighted by molar-refractivity contribution is 6.09. The number of unbranched alkanes of at least 4 members (excludes halogenated alkanes) is 3. The Bertz CT molecular complexity index is 1010. The number of methoxy groups -OCH3 is 1. The molecule has 0 spiro atoms. The second-order valence-corrected chi connectivity index (χ2v) is 9.03. The highest BCUT2D eigenvalue weighted by atomic mass is 16.5. The Morgan fingerprint density at radius 3 is 2.55 bits per heavy atom. The molecule has 0 radical (unpaired) electrons. The minimum Gasteiger partial charge on any atom is -0.497 e. The Morgan fingerprint density at radius 2 is 1.85 bits per heavy atom. The Kier molecular flexibility index (Phi) is 8.15. The molecule has 6 nitrogen and oxygen atoms in total. The highest BCUT2D eigenvalue weighted by Gasteiger charge is 2.28. The highest BCUT2D eigenvalue weighted by Crippen LogP contribution is 2.32. The number of amides is 1. The maximum absolute atomic E-state index is 13.0. The first-order chi connectivity index (χ1) is 15.8. The molecule has 0 saturated carbocycles. The van der Waals surface area contributed by atoms with Crippen molar-refractivity contribution >= 4 is 23.3 Å². The number of allylic oxidation sites excluding steroid dienone is 1. The third kappa shape index (κ3) is 6.85. The summed E-state index contributed by atoms with van der Waals surface area (Å²) < 4.78 is 10.6. The van der Waals surface area contributed by atoms with Crippen LogP contribution in [0.2, 0.25) is 0 Å². The van der Waals surface area contributed by atoms with E-state index in [0.29, 0.717) is 17.9 Å². The molecule has 0 atom stereocenters. The second kappa shape index (κ2) is 11.0. The van der Waals surface area contributed by atoms with Gasteiger partial charge in [-0.25, -0.2) is 4.79 Å². The Labute approximate surface area is 196 Å². The van der Waals surface area contributed by atoms with Gasteiger partial charge in [-0.05, 0) is 68.7 Å². The van der Waals surface area contributed by atoms with Crippen LogP contribution in [0.15, 0.2) is 48.5 Å². The fourth-order valence-electron chi connectivity index (χ4n) is 3.93. The Hall–Kier alpha value is -3.28. The molecule has 176 valence electrons. The monoisotopic (exact) mass is 450 g/mol. The van der Waals surface area contributed by atoms with E-state index in [1.165, 1.54) is 5.56 Å². The average molecular weight is 451 g/mol. The minimum atomic E-state index is -0.480. The van der Waals surface area contributed by atoms with Crippen molar-refractivity contribution < 1.29 is 19.1 Å². The normalized spacial score (nSPS) is 15.3. The van der Waals surface area contributed by atoms with Crippen molar-refractivity contribution in [2.75, 3.05) is 19.0 Å². The molecule has 2 aromatic carbocycles. The molecule has 2 aromatic rings. The fourth-order valence-corrected chi connectivity index (χ4v) is 3.93. The number of fused-ring (bicyclic) bond motifs is 1. The predicted octanol–water partition coefficient (Wildman–Crippen LogP) is 5.97. The van der Waals surface area contributed by atoms with Gasteiger partial charge < -0.3 is 14.8 Å². The molecule has 0 aliphatic carbocycles. The van der Waals surface area contributed by atoms with Crippen molar-refractivity contribution in [3.05, 3.63) is 65.2 Å². The molecule has 33 heavy (non-hydrogen) atoms. The number of hydrogen-bond acceptors (Lipinski definition) is 5. The van der Waals surface area contributed by atoms with Gasteiger partial charge in [0.2, 0.25) is 0 Å². The maximum atomic E-state index is 13.0. The van der Waals surface area contributed by atoms with Crippen LogP contribution < -0.4 is 15.4 Å². The number of anilines is 1. The summed E-state index contributed by atoms with van der Waals surface area (Å²) in [5.74, 6) is 0.635. The first-order valence-corrected chi connectivity index (χ1v) is 11.6. The smallest absolute Gasteiger partial charge is 0.411 e. The van der Waals surface area contributed by atoms with E-state index in [2.05, 4.69) is 37.5 Å². The van der Waals surface area contributed by atoms with Gasteiger partial charge in [-0.3, -0.25) is 10.1 Å². The fraction of sp³-hybridized carbons (Fsp3) is 0.407.